The van der Waals surface area contributed by atoms with Crippen LogP contribution in [-0.2, 0) is 0 Å². The van der Waals surface area contributed by atoms with Crippen molar-refractivity contribution in [1.29, 1.82) is 0 Å². The molecule has 0 unspecified atom stereocenters. The lowest BCUT2D eigenvalue weighted by atomic mass is 10.2. The van der Waals surface area contributed by atoms with E-state index in [0.717, 1.165) is 6.42 Å². The molecule has 0 saturated heterocycles. The number of nitrogens with zero attached hydrogens (tertiary/aromatic N) is 3. The van der Waals surface area contributed by atoms with E-state index in [-0.39, 0.29) is 16.5 Å². The fraction of sp³-hybridized carbons (Fsp3) is 0.263. The summed E-state index contributed by atoms with van der Waals surface area (Å²) in [5.74, 6) is 0.663. The maximum absolute atomic E-state index is 13.4. The number of ether oxygens (including phenoxy) is 1. The van der Waals surface area contributed by atoms with Crippen molar-refractivity contribution in [2.45, 2.75) is 19.3 Å². The topological polar surface area (TPSA) is 90.2 Å². The molecule has 4 rings (SSSR count). The lowest BCUT2D eigenvalue weighted by Crippen LogP contribution is -2.03. The first-order valence-electron chi connectivity index (χ1n) is 8.79. The van der Waals surface area contributed by atoms with Crippen LogP contribution in [0.5, 0.6) is 5.75 Å². The molecule has 1 saturated carbocycles. The number of rotatable bonds is 7. The van der Waals surface area contributed by atoms with Crippen molar-refractivity contribution in [2.24, 2.45) is 5.92 Å². The third kappa shape index (κ3) is 3.96. The van der Waals surface area contributed by atoms with Crippen molar-refractivity contribution in [2.75, 3.05) is 11.9 Å². The van der Waals surface area contributed by atoms with E-state index in [4.69, 9.17) is 16.3 Å². The number of hydrogen-bond donors (Lipinski definition) is 1. The summed E-state index contributed by atoms with van der Waals surface area (Å²) in [5, 5.41) is 14.9. The smallest absolute Gasteiger partial charge is 0.311 e. The summed E-state index contributed by atoms with van der Waals surface area (Å²) in [7, 11) is 0. The summed E-state index contributed by atoms with van der Waals surface area (Å²) < 4.78 is 19.0. The quantitative estimate of drug-likeness (QED) is 0.428. The van der Waals surface area contributed by atoms with E-state index in [1.807, 2.05) is 0 Å². The Morgan fingerprint density at radius 2 is 2.11 bits per heavy atom. The zero-order valence-corrected chi connectivity index (χ0v) is 15.4. The van der Waals surface area contributed by atoms with Crippen molar-refractivity contribution >= 4 is 39.7 Å². The van der Waals surface area contributed by atoms with E-state index < -0.39 is 10.7 Å². The lowest BCUT2D eigenvalue weighted by molar-refractivity contribution is -0.385. The molecule has 2 aromatic carbocycles. The average Bonchev–Trinajstić information content (AvgIpc) is 3.48. The van der Waals surface area contributed by atoms with Gasteiger partial charge in [0.25, 0.3) is 0 Å². The molecular formula is C19H16ClFN4O3. The normalized spacial score (nSPS) is 13.5. The van der Waals surface area contributed by atoms with Crippen LogP contribution >= 0.6 is 11.6 Å². The van der Waals surface area contributed by atoms with Gasteiger partial charge in [-0.1, -0.05) is 24.4 Å². The molecule has 0 spiro atoms. The molecule has 28 heavy (non-hydrogen) atoms. The molecule has 1 aliphatic carbocycles. The number of halogens is 2. The summed E-state index contributed by atoms with van der Waals surface area (Å²) >= 11 is 5.81. The fourth-order valence-electron chi connectivity index (χ4n) is 2.88. The van der Waals surface area contributed by atoms with Crippen LogP contribution in [0.4, 0.5) is 21.6 Å². The van der Waals surface area contributed by atoms with Crippen molar-refractivity contribution in [1.82, 2.24) is 9.97 Å². The second kappa shape index (κ2) is 7.55. The zero-order valence-electron chi connectivity index (χ0n) is 14.7. The molecular weight excluding hydrogens is 387 g/mol. The molecule has 9 heteroatoms. The van der Waals surface area contributed by atoms with Gasteiger partial charge in [-0.15, -0.1) is 0 Å². The third-order valence-electron chi connectivity index (χ3n) is 4.58. The van der Waals surface area contributed by atoms with E-state index in [9.17, 15) is 14.5 Å². The lowest BCUT2D eigenvalue weighted by Gasteiger charge is -2.11. The average molecular weight is 403 g/mol. The van der Waals surface area contributed by atoms with E-state index in [2.05, 4.69) is 15.3 Å². The standard InChI is InChI=1S/C19H16ClFN4O3/c20-14-7-12(3-4-15(14)21)24-19-13-8-17(25(26)27)18(9-16(13)22-10-23-19)28-6-5-11-1-2-11/h3-4,7-11H,1-2,5-6H2,(H,22,23,24). The zero-order chi connectivity index (χ0) is 19.7. The Labute approximate surface area is 164 Å². The molecule has 0 radical (unpaired) electrons. The van der Waals surface area contributed by atoms with Crippen LogP contribution in [0.15, 0.2) is 36.7 Å². The summed E-state index contributed by atoms with van der Waals surface area (Å²) in [4.78, 5) is 19.4. The van der Waals surface area contributed by atoms with Gasteiger partial charge in [-0.25, -0.2) is 14.4 Å². The summed E-state index contributed by atoms with van der Waals surface area (Å²) in [5.41, 5.74) is 0.842. The van der Waals surface area contributed by atoms with E-state index in [1.54, 1.807) is 6.07 Å². The maximum atomic E-state index is 13.4. The molecule has 7 nitrogen and oxygen atoms in total. The molecule has 144 valence electrons. The van der Waals surface area contributed by atoms with Crippen LogP contribution < -0.4 is 10.1 Å². The molecule has 3 aromatic rings. The fourth-order valence-corrected chi connectivity index (χ4v) is 3.06. The highest BCUT2D eigenvalue weighted by atomic mass is 35.5. The van der Waals surface area contributed by atoms with Gasteiger partial charge in [0.05, 0.1) is 27.5 Å². The van der Waals surface area contributed by atoms with Crippen LogP contribution in [0.2, 0.25) is 5.02 Å². The molecule has 1 heterocycles. The first-order chi connectivity index (χ1) is 13.5. The number of nitro benzene ring substituents is 1. The maximum Gasteiger partial charge on any atom is 0.311 e. The van der Waals surface area contributed by atoms with Crippen LogP contribution in [0.1, 0.15) is 19.3 Å². The first kappa shape index (κ1) is 18.4. The van der Waals surface area contributed by atoms with Crippen LogP contribution in [0, 0.1) is 21.8 Å². The third-order valence-corrected chi connectivity index (χ3v) is 4.87. The SMILES string of the molecule is O=[N+]([O-])c1cc2c(Nc3ccc(F)c(Cl)c3)ncnc2cc1OCCC1CC1. The van der Waals surface area contributed by atoms with Gasteiger partial charge in [0.15, 0.2) is 5.75 Å². The Bertz CT molecular complexity index is 1060. The highest BCUT2D eigenvalue weighted by Crippen LogP contribution is 2.36. The molecule has 1 fully saturated rings. The minimum atomic E-state index is -0.539. The first-order valence-corrected chi connectivity index (χ1v) is 9.17. The number of nitro groups is 1. The highest BCUT2D eigenvalue weighted by Gasteiger charge is 2.23. The Balaban J connectivity index is 1.68. The largest absolute Gasteiger partial charge is 0.487 e. The van der Waals surface area contributed by atoms with Gasteiger partial charge in [0.2, 0.25) is 0 Å². The van der Waals surface area contributed by atoms with Gasteiger partial charge in [0.1, 0.15) is 18.0 Å². The monoisotopic (exact) mass is 402 g/mol. The van der Waals surface area contributed by atoms with Crippen molar-refractivity contribution in [3.8, 4) is 5.75 Å². The Kier molecular flexibility index (Phi) is 4.95. The van der Waals surface area contributed by atoms with E-state index >= 15 is 0 Å². The molecule has 1 N–H and O–H groups in total. The van der Waals surface area contributed by atoms with Crippen LogP contribution in [-0.4, -0.2) is 21.5 Å². The van der Waals surface area contributed by atoms with Gasteiger partial charge in [-0.2, -0.15) is 0 Å². The Morgan fingerprint density at radius 3 is 2.82 bits per heavy atom. The second-order valence-electron chi connectivity index (χ2n) is 6.65. The van der Waals surface area contributed by atoms with Crippen molar-refractivity contribution < 1.29 is 14.1 Å². The predicted molar refractivity (Wildman–Crippen MR) is 104 cm³/mol. The molecule has 1 aliphatic rings. The molecule has 0 bridgehead atoms. The number of benzene rings is 2. The summed E-state index contributed by atoms with van der Waals surface area (Å²) in [6.07, 6.45) is 4.62. The molecule has 0 amide bonds. The number of aromatic nitrogens is 2. The van der Waals surface area contributed by atoms with E-state index in [1.165, 1.54) is 43.4 Å². The summed E-state index contributed by atoms with van der Waals surface area (Å²) in [6.45, 7) is 0.432. The van der Waals surface area contributed by atoms with Crippen molar-refractivity contribution in [3.63, 3.8) is 0 Å². The number of anilines is 2. The van der Waals surface area contributed by atoms with Gasteiger partial charge < -0.3 is 10.1 Å². The second-order valence-corrected chi connectivity index (χ2v) is 7.06. The molecule has 0 atom stereocenters. The van der Waals surface area contributed by atoms with Gasteiger partial charge in [-0.05, 0) is 30.5 Å². The summed E-state index contributed by atoms with van der Waals surface area (Å²) in [6, 6.07) is 7.07. The minimum Gasteiger partial charge on any atom is -0.487 e. The Hall–Kier alpha value is -3.00. The predicted octanol–water partition coefficient (Wildman–Crippen LogP) is 5.25. The van der Waals surface area contributed by atoms with Crippen LogP contribution in [0.3, 0.4) is 0 Å². The number of hydrogen-bond acceptors (Lipinski definition) is 6. The Morgan fingerprint density at radius 1 is 1.29 bits per heavy atom. The van der Waals surface area contributed by atoms with E-state index in [0.29, 0.717) is 34.9 Å². The number of fused-ring (bicyclic) bond motifs is 1. The van der Waals surface area contributed by atoms with Crippen LogP contribution in [0.25, 0.3) is 10.9 Å². The highest BCUT2D eigenvalue weighted by molar-refractivity contribution is 6.31. The minimum absolute atomic E-state index is 0.0410. The number of nitrogens with one attached hydrogen (secondary N) is 1. The van der Waals surface area contributed by atoms with Gasteiger partial charge in [-0.3, -0.25) is 10.1 Å². The van der Waals surface area contributed by atoms with Gasteiger partial charge in [0, 0.05) is 17.8 Å². The molecule has 0 aliphatic heterocycles. The van der Waals surface area contributed by atoms with Crippen molar-refractivity contribution in [3.05, 3.63) is 57.6 Å². The van der Waals surface area contributed by atoms with Gasteiger partial charge >= 0.3 is 5.69 Å². The molecule has 1 aromatic heterocycles.